The summed E-state index contributed by atoms with van der Waals surface area (Å²) in [5.41, 5.74) is 3.74. The van der Waals surface area contributed by atoms with Crippen LogP contribution in [-0.4, -0.2) is 63.4 Å². The zero-order chi connectivity index (χ0) is 30.1. The first kappa shape index (κ1) is 31.1. The van der Waals surface area contributed by atoms with Crippen molar-refractivity contribution in [1.29, 1.82) is 0 Å². The number of aliphatic hydroxyl groups is 2. The van der Waals surface area contributed by atoms with E-state index in [9.17, 15) is 24.9 Å². The summed E-state index contributed by atoms with van der Waals surface area (Å²) in [5, 5.41) is 41.5. The number of hydrogen-bond donors (Lipinski definition) is 5. The van der Waals surface area contributed by atoms with Crippen LogP contribution in [-0.2, 0) is 25.7 Å². The Kier molecular flexibility index (Phi) is 11.0. The van der Waals surface area contributed by atoms with Gasteiger partial charge < -0.3 is 40.1 Å². The first-order valence-corrected chi connectivity index (χ1v) is 14.0. The molecule has 0 unspecified atom stereocenters. The number of aliphatic carboxylic acids is 1. The summed E-state index contributed by atoms with van der Waals surface area (Å²) in [7, 11) is 1.90. The lowest BCUT2D eigenvalue weighted by Gasteiger charge is -2.38. The van der Waals surface area contributed by atoms with E-state index in [2.05, 4.69) is 5.32 Å². The lowest BCUT2D eigenvalue weighted by molar-refractivity contribution is -0.252. The second-order valence-electron chi connectivity index (χ2n) is 10.6. The number of carboxylic acid groups (broad SMARTS) is 1. The fraction of sp³-hybridized carbons (Fsp3) is 0.375. The normalized spacial score (nSPS) is 19.4. The van der Waals surface area contributed by atoms with Crippen LogP contribution < -0.4 is 5.32 Å². The maximum atomic E-state index is 12.2. The topological polar surface area (TPSA) is 149 Å². The Balaban J connectivity index is 1.44. The molecule has 3 aromatic rings. The van der Waals surface area contributed by atoms with Gasteiger partial charge in [-0.2, -0.15) is 0 Å². The van der Waals surface area contributed by atoms with Crippen molar-refractivity contribution < 1.29 is 39.5 Å². The minimum atomic E-state index is -0.931. The first-order valence-electron chi connectivity index (χ1n) is 14.0. The summed E-state index contributed by atoms with van der Waals surface area (Å²) in [6.45, 7) is 0.811. The van der Waals surface area contributed by atoms with Crippen LogP contribution in [0.25, 0.3) is 0 Å². The van der Waals surface area contributed by atoms with Gasteiger partial charge in [0.25, 0.3) is 0 Å². The highest BCUT2D eigenvalue weighted by Gasteiger charge is 2.33. The van der Waals surface area contributed by atoms with E-state index in [0.29, 0.717) is 30.8 Å². The van der Waals surface area contributed by atoms with Crippen LogP contribution in [0.5, 0.6) is 5.75 Å². The highest BCUT2D eigenvalue weighted by Crippen LogP contribution is 2.38. The monoisotopic (exact) mass is 578 g/mol. The van der Waals surface area contributed by atoms with Crippen LogP contribution in [0.2, 0.25) is 0 Å². The van der Waals surface area contributed by atoms with Gasteiger partial charge in [0.15, 0.2) is 6.29 Å². The van der Waals surface area contributed by atoms with Gasteiger partial charge in [0.2, 0.25) is 5.91 Å². The van der Waals surface area contributed by atoms with Crippen molar-refractivity contribution in [3.63, 3.8) is 0 Å². The molecule has 5 N–H and O–H groups in total. The summed E-state index contributed by atoms with van der Waals surface area (Å²) in [6.07, 6.45) is -1.08. The number of amides is 1. The smallest absolute Gasteiger partial charge is 0.303 e. The molecule has 1 amide bonds. The number of carbonyl (C=O) groups is 2. The molecule has 0 bridgehead atoms. The first-order chi connectivity index (χ1) is 20.2. The van der Waals surface area contributed by atoms with E-state index in [4.69, 9.17) is 14.6 Å². The molecule has 0 aromatic heterocycles. The Hall–Kier alpha value is -3.80. The van der Waals surface area contributed by atoms with Crippen LogP contribution in [0.3, 0.4) is 0 Å². The molecule has 1 aliphatic rings. The summed E-state index contributed by atoms with van der Waals surface area (Å²) >= 11 is 0. The van der Waals surface area contributed by atoms with Gasteiger partial charge in [0.1, 0.15) is 5.75 Å². The van der Waals surface area contributed by atoms with Gasteiger partial charge >= 0.3 is 5.97 Å². The fourth-order valence-electron chi connectivity index (χ4n) is 4.94. The zero-order valence-corrected chi connectivity index (χ0v) is 23.6. The van der Waals surface area contributed by atoms with Gasteiger partial charge in [0, 0.05) is 43.6 Å². The predicted octanol–water partition coefficient (Wildman–Crippen LogP) is 4.29. The molecule has 0 spiro atoms. The van der Waals surface area contributed by atoms with Crippen LogP contribution in [0.15, 0.2) is 72.8 Å². The van der Waals surface area contributed by atoms with Gasteiger partial charge in [0.05, 0.1) is 24.9 Å². The Bertz CT molecular complexity index is 1310. The van der Waals surface area contributed by atoms with Gasteiger partial charge in [-0.25, -0.2) is 0 Å². The third kappa shape index (κ3) is 9.10. The lowest BCUT2D eigenvalue weighted by atomic mass is 9.99. The number of carbonyl (C=O) groups excluding carboxylic acids is 1. The molecular formula is C32H38N2O8. The molecule has 0 saturated carbocycles. The van der Waals surface area contributed by atoms with E-state index in [1.54, 1.807) is 36.4 Å². The second-order valence-corrected chi connectivity index (χ2v) is 10.6. The molecule has 3 aromatic carbocycles. The number of aromatic hydroxyl groups is 1. The van der Waals surface area contributed by atoms with E-state index < -0.39 is 18.4 Å². The SMILES string of the molecule is CN(C[C@H]1C[C@@H](c2ccc(CO)cc2)O[C@@H](c2ccc(NC(=O)CCCC(=O)O)cc2)O1)C[C@@H](O)c1cccc(O)c1. The molecule has 0 aliphatic carbocycles. The number of nitrogens with one attached hydrogen (secondary N) is 1. The summed E-state index contributed by atoms with van der Waals surface area (Å²) in [5.74, 6) is -1.08. The van der Waals surface area contributed by atoms with E-state index in [0.717, 1.165) is 16.7 Å². The van der Waals surface area contributed by atoms with Crippen molar-refractivity contribution in [3.8, 4) is 5.75 Å². The third-order valence-corrected chi connectivity index (χ3v) is 7.13. The Morgan fingerprint density at radius 3 is 2.38 bits per heavy atom. The molecule has 42 heavy (non-hydrogen) atoms. The highest BCUT2D eigenvalue weighted by molar-refractivity contribution is 5.90. The molecule has 1 heterocycles. The van der Waals surface area contributed by atoms with Crippen LogP contribution in [0.1, 0.15) is 66.4 Å². The maximum Gasteiger partial charge on any atom is 0.303 e. The summed E-state index contributed by atoms with van der Waals surface area (Å²) in [6, 6.07) is 21.3. The van der Waals surface area contributed by atoms with E-state index >= 15 is 0 Å². The van der Waals surface area contributed by atoms with Crippen LogP contribution in [0, 0.1) is 0 Å². The molecule has 224 valence electrons. The number of rotatable bonds is 13. The molecule has 0 radical (unpaired) electrons. The summed E-state index contributed by atoms with van der Waals surface area (Å²) < 4.78 is 12.8. The molecule has 10 nitrogen and oxygen atoms in total. The number of ether oxygens (including phenoxy) is 2. The Labute approximate surface area is 245 Å². The molecular weight excluding hydrogens is 540 g/mol. The van der Waals surface area contributed by atoms with Crippen molar-refractivity contribution in [2.75, 3.05) is 25.5 Å². The number of aliphatic hydroxyl groups excluding tert-OH is 2. The van der Waals surface area contributed by atoms with E-state index in [1.807, 2.05) is 48.3 Å². The van der Waals surface area contributed by atoms with Gasteiger partial charge in [-0.3, -0.25) is 9.59 Å². The summed E-state index contributed by atoms with van der Waals surface area (Å²) in [4.78, 5) is 24.8. The van der Waals surface area contributed by atoms with E-state index in [1.165, 1.54) is 0 Å². The molecule has 1 saturated heterocycles. The third-order valence-electron chi connectivity index (χ3n) is 7.13. The molecule has 1 fully saturated rings. The van der Waals surface area contributed by atoms with Gasteiger partial charge in [-0.15, -0.1) is 0 Å². The molecule has 10 heteroatoms. The van der Waals surface area contributed by atoms with Crippen molar-refractivity contribution in [2.24, 2.45) is 0 Å². The van der Waals surface area contributed by atoms with Gasteiger partial charge in [-0.05, 0) is 54.4 Å². The Morgan fingerprint density at radius 1 is 1.00 bits per heavy atom. The number of carboxylic acids is 1. The van der Waals surface area contributed by atoms with Gasteiger partial charge in [-0.1, -0.05) is 48.5 Å². The van der Waals surface area contributed by atoms with Crippen molar-refractivity contribution >= 4 is 17.6 Å². The van der Waals surface area contributed by atoms with Crippen molar-refractivity contribution in [3.05, 3.63) is 95.1 Å². The number of benzene rings is 3. The number of hydrogen-bond acceptors (Lipinski definition) is 8. The number of anilines is 1. The highest BCUT2D eigenvalue weighted by atomic mass is 16.7. The van der Waals surface area contributed by atoms with E-state index in [-0.39, 0.29) is 49.7 Å². The zero-order valence-electron chi connectivity index (χ0n) is 23.6. The number of nitrogens with zero attached hydrogens (tertiary/aromatic N) is 1. The number of likely N-dealkylation sites (N-methyl/N-ethyl adjacent to an activating group) is 1. The molecule has 1 aliphatic heterocycles. The van der Waals surface area contributed by atoms with Crippen LogP contribution in [0.4, 0.5) is 5.69 Å². The number of phenolic OH excluding ortho intramolecular Hbond substituents is 1. The quantitative estimate of drug-likeness (QED) is 0.200. The molecule has 4 rings (SSSR count). The standard InChI is InChI=1S/C32H38N2O8/c1-34(19-28(37)24-4-2-5-26(36)16-24)18-27-17-29(22-10-8-21(20-35)9-11-22)42-32(41-27)23-12-14-25(15-13-23)33-30(38)6-3-7-31(39)40/h2,4-5,8-16,27-29,32,35-37H,3,6-7,17-20H2,1H3,(H,33,38)(H,39,40)/t27-,28-,29+,32+/m1/s1. The average Bonchev–Trinajstić information content (AvgIpc) is 2.97. The largest absolute Gasteiger partial charge is 0.508 e. The number of phenols is 1. The predicted molar refractivity (Wildman–Crippen MR) is 156 cm³/mol. The van der Waals surface area contributed by atoms with Crippen LogP contribution >= 0.6 is 0 Å². The second kappa shape index (κ2) is 14.9. The minimum Gasteiger partial charge on any atom is -0.508 e. The molecule has 4 atom stereocenters. The minimum absolute atomic E-state index is 0.0467. The maximum absolute atomic E-state index is 12.2. The Morgan fingerprint density at radius 2 is 1.71 bits per heavy atom. The average molecular weight is 579 g/mol. The fourth-order valence-corrected chi connectivity index (χ4v) is 4.94. The van der Waals surface area contributed by atoms with Crippen molar-refractivity contribution in [1.82, 2.24) is 4.90 Å². The lowest BCUT2D eigenvalue weighted by Crippen LogP contribution is -2.39. The van der Waals surface area contributed by atoms with Crippen molar-refractivity contribution in [2.45, 2.75) is 56.9 Å².